The SMILES string of the molecule is COCC(C)NC(=O)Nc1cc(F)ccc1F. The molecule has 4 nitrogen and oxygen atoms in total. The fourth-order valence-corrected chi connectivity index (χ4v) is 1.27. The lowest BCUT2D eigenvalue weighted by Crippen LogP contribution is -2.38. The van der Waals surface area contributed by atoms with Gasteiger partial charge in [-0.3, -0.25) is 0 Å². The molecule has 2 amide bonds. The molecule has 0 radical (unpaired) electrons. The highest BCUT2D eigenvalue weighted by molar-refractivity contribution is 5.89. The number of anilines is 1. The van der Waals surface area contributed by atoms with E-state index >= 15 is 0 Å². The van der Waals surface area contributed by atoms with Crippen LogP contribution < -0.4 is 10.6 Å². The molecule has 1 atom stereocenters. The van der Waals surface area contributed by atoms with E-state index in [1.807, 2.05) is 0 Å². The number of rotatable bonds is 4. The van der Waals surface area contributed by atoms with Crippen LogP contribution in [-0.4, -0.2) is 25.8 Å². The number of amides is 2. The molecular weight excluding hydrogens is 230 g/mol. The van der Waals surface area contributed by atoms with Gasteiger partial charge in [0.2, 0.25) is 0 Å². The van der Waals surface area contributed by atoms with Gasteiger partial charge in [-0.05, 0) is 19.1 Å². The minimum atomic E-state index is -0.694. The third-order valence-corrected chi connectivity index (χ3v) is 1.97. The Hall–Kier alpha value is -1.69. The molecule has 1 aromatic carbocycles. The monoisotopic (exact) mass is 244 g/mol. The highest BCUT2D eigenvalue weighted by atomic mass is 19.1. The average molecular weight is 244 g/mol. The second-order valence-electron chi connectivity index (χ2n) is 3.58. The van der Waals surface area contributed by atoms with Crippen molar-refractivity contribution in [2.45, 2.75) is 13.0 Å². The Labute approximate surface area is 98.0 Å². The van der Waals surface area contributed by atoms with E-state index in [0.717, 1.165) is 18.2 Å². The quantitative estimate of drug-likeness (QED) is 0.852. The second kappa shape index (κ2) is 6.15. The first-order valence-corrected chi connectivity index (χ1v) is 5.04. The van der Waals surface area contributed by atoms with E-state index in [-0.39, 0.29) is 11.7 Å². The zero-order valence-electron chi connectivity index (χ0n) is 9.59. The van der Waals surface area contributed by atoms with Crippen molar-refractivity contribution < 1.29 is 18.3 Å². The summed E-state index contributed by atoms with van der Waals surface area (Å²) in [6.07, 6.45) is 0. The van der Waals surface area contributed by atoms with E-state index in [1.54, 1.807) is 6.92 Å². The van der Waals surface area contributed by atoms with E-state index in [2.05, 4.69) is 10.6 Å². The molecule has 1 rings (SSSR count). The molecule has 1 unspecified atom stereocenters. The van der Waals surface area contributed by atoms with Gasteiger partial charge in [0.05, 0.1) is 18.3 Å². The molecule has 0 saturated heterocycles. The van der Waals surface area contributed by atoms with Crippen molar-refractivity contribution in [2.24, 2.45) is 0 Å². The van der Waals surface area contributed by atoms with Gasteiger partial charge < -0.3 is 15.4 Å². The molecule has 2 N–H and O–H groups in total. The molecule has 0 fully saturated rings. The molecular formula is C11H14F2N2O2. The lowest BCUT2D eigenvalue weighted by molar-refractivity contribution is 0.173. The molecule has 0 saturated carbocycles. The highest BCUT2D eigenvalue weighted by Crippen LogP contribution is 2.14. The van der Waals surface area contributed by atoms with Crippen molar-refractivity contribution in [1.82, 2.24) is 5.32 Å². The van der Waals surface area contributed by atoms with Crippen LogP contribution in [0.25, 0.3) is 0 Å². The number of ether oxygens (including phenoxy) is 1. The number of carbonyl (C=O) groups excluding carboxylic acids is 1. The van der Waals surface area contributed by atoms with Crippen molar-refractivity contribution in [3.8, 4) is 0 Å². The molecule has 0 spiro atoms. The molecule has 6 heteroatoms. The molecule has 94 valence electrons. The van der Waals surface area contributed by atoms with E-state index in [9.17, 15) is 13.6 Å². The number of benzene rings is 1. The summed E-state index contributed by atoms with van der Waals surface area (Å²) in [6, 6.07) is 2.00. The van der Waals surface area contributed by atoms with Crippen LogP contribution in [0.4, 0.5) is 19.3 Å². The van der Waals surface area contributed by atoms with Crippen molar-refractivity contribution >= 4 is 11.7 Å². The molecule has 17 heavy (non-hydrogen) atoms. The Morgan fingerprint density at radius 3 is 2.82 bits per heavy atom. The van der Waals surface area contributed by atoms with Gasteiger partial charge in [0.25, 0.3) is 0 Å². The predicted octanol–water partition coefficient (Wildman–Crippen LogP) is 2.12. The average Bonchev–Trinajstić information content (AvgIpc) is 2.23. The minimum absolute atomic E-state index is 0.202. The number of carbonyl (C=O) groups is 1. The van der Waals surface area contributed by atoms with Gasteiger partial charge >= 0.3 is 6.03 Å². The molecule has 0 bridgehead atoms. The summed E-state index contributed by atoms with van der Waals surface area (Å²) >= 11 is 0. The van der Waals surface area contributed by atoms with Crippen LogP contribution in [-0.2, 0) is 4.74 Å². The second-order valence-corrected chi connectivity index (χ2v) is 3.58. The Morgan fingerprint density at radius 1 is 1.47 bits per heavy atom. The Kier molecular flexibility index (Phi) is 4.84. The first-order chi connectivity index (χ1) is 8.02. The van der Waals surface area contributed by atoms with Gasteiger partial charge in [0.1, 0.15) is 11.6 Å². The Morgan fingerprint density at radius 2 is 2.18 bits per heavy atom. The standard InChI is InChI=1S/C11H14F2N2O2/c1-7(6-17-2)14-11(16)15-10-5-8(12)3-4-9(10)13/h3-5,7H,6H2,1-2H3,(H2,14,15,16). The number of hydrogen-bond acceptors (Lipinski definition) is 2. The topological polar surface area (TPSA) is 50.4 Å². The van der Waals surface area contributed by atoms with Crippen molar-refractivity contribution in [3.63, 3.8) is 0 Å². The van der Waals surface area contributed by atoms with Crippen LogP contribution in [0, 0.1) is 11.6 Å². The molecule has 0 aliphatic carbocycles. The zero-order valence-corrected chi connectivity index (χ0v) is 9.59. The van der Waals surface area contributed by atoms with Gasteiger partial charge in [0, 0.05) is 13.2 Å². The Bertz CT molecular complexity index is 399. The van der Waals surface area contributed by atoms with E-state index < -0.39 is 17.7 Å². The van der Waals surface area contributed by atoms with E-state index in [4.69, 9.17) is 4.74 Å². The van der Waals surface area contributed by atoms with E-state index in [0.29, 0.717) is 6.61 Å². The summed E-state index contributed by atoms with van der Waals surface area (Å²) in [7, 11) is 1.50. The summed E-state index contributed by atoms with van der Waals surface area (Å²) < 4.78 is 30.8. The van der Waals surface area contributed by atoms with Gasteiger partial charge in [-0.25, -0.2) is 13.6 Å². The maximum absolute atomic E-state index is 13.2. The van der Waals surface area contributed by atoms with E-state index in [1.165, 1.54) is 7.11 Å². The minimum Gasteiger partial charge on any atom is -0.383 e. The third kappa shape index (κ3) is 4.36. The number of methoxy groups -OCH3 is 1. The maximum atomic E-state index is 13.2. The predicted molar refractivity (Wildman–Crippen MR) is 59.9 cm³/mol. The number of urea groups is 1. The van der Waals surface area contributed by atoms with Gasteiger partial charge in [0.15, 0.2) is 0 Å². The number of halogens is 2. The zero-order chi connectivity index (χ0) is 12.8. The van der Waals surface area contributed by atoms with Gasteiger partial charge in [-0.2, -0.15) is 0 Å². The fraction of sp³-hybridized carbons (Fsp3) is 0.364. The molecule has 1 aromatic rings. The summed E-state index contributed by atoms with van der Waals surface area (Å²) in [5.41, 5.74) is -0.202. The largest absolute Gasteiger partial charge is 0.383 e. The summed E-state index contributed by atoms with van der Waals surface area (Å²) in [5.74, 6) is -1.31. The Balaban J connectivity index is 2.58. The molecule has 0 aliphatic heterocycles. The van der Waals surface area contributed by atoms with Crippen LogP contribution >= 0.6 is 0 Å². The first kappa shape index (κ1) is 13.4. The van der Waals surface area contributed by atoms with Gasteiger partial charge in [-0.15, -0.1) is 0 Å². The molecule has 0 aliphatic rings. The third-order valence-electron chi connectivity index (χ3n) is 1.97. The highest BCUT2D eigenvalue weighted by Gasteiger charge is 2.10. The van der Waals surface area contributed by atoms with Crippen molar-refractivity contribution in [2.75, 3.05) is 19.0 Å². The molecule has 0 aromatic heterocycles. The van der Waals surface area contributed by atoms with Crippen LogP contribution in [0.2, 0.25) is 0 Å². The number of hydrogen-bond donors (Lipinski definition) is 2. The normalized spacial score (nSPS) is 12.0. The van der Waals surface area contributed by atoms with Gasteiger partial charge in [-0.1, -0.05) is 0 Å². The van der Waals surface area contributed by atoms with Crippen LogP contribution in [0.1, 0.15) is 6.92 Å². The summed E-state index contributed by atoms with van der Waals surface area (Å²) in [5, 5.41) is 4.73. The molecule has 0 heterocycles. The fourth-order valence-electron chi connectivity index (χ4n) is 1.27. The lowest BCUT2D eigenvalue weighted by Gasteiger charge is -2.13. The van der Waals surface area contributed by atoms with Crippen LogP contribution in [0.5, 0.6) is 0 Å². The smallest absolute Gasteiger partial charge is 0.319 e. The van der Waals surface area contributed by atoms with Crippen LogP contribution in [0.15, 0.2) is 18.2 Å². The first-order valence-electron chi connectivity index (χ1n) is 5.04. The van der Waals surface area contributed by atoms with Crippen molar-refractivity contribution in [3.05, 3.63) is 29.8 Å². The number of nitrogens with one attached hydrogen (secondary N) is 2. The maximum Gasteiger partial charge on any atom is 0.319 e. The lowest BCUT2D eigenvalue weighted by atomic mass is 10.3. The summed E-state index contributed by atoms with van der Waals surface area (Å²) in [4.78, 5) is 11.4. The summed E-state index contributed by atoms with van der Waals surface area (Å²) in [6.45, 7) is 2.06. The van der Waals surface area contributed by atoms with Crippen LogP contribution in [0.3, 0.4) is 0 Å². The van der Waals surface area contributed by atoms with Crippen molar-refractivity contribution in [1.29, 1.82) is 0 Å².